The fraction of sp³-hybridized carbons (Fsp3) is 0.269. The normalized spacial score (nSPS) is 14.6. The van der Waals surface area contributed by atoms with E-state index in [-0.39, 0.29) is 10.6 Å². The van der Waals surface area contributed by atoms with Gasteiger partial charge >= 0.3 is 0 Å². The van der Waals surface area contributed by atoms with Crippen LogP contribution in [0.5, 0.6) is 5.75 Å². The van der Waals surface area contributed by atoms with Gasteiger partial charge in [-0.1, -0.05) is 18.2 Å². The summed E-state index contributed by atoms with van der Waals surface area (Å²) in [7, 11) is -5.90. The quantitative estimate of drug-likeness (QED) is 0.412. The smallest absolute Gasteiger partial charge is 0.262 e. The maximum absolute atomic E-state index is 12.9. The zero-order valence-corrected chi connectivity index (χ0v) is 22.6. The van der Waals surface area contributed by atoms with E-state index in [9.17, 15) is 21.6 Å². The Morgan fingerprint density at radius 2 is 1.61 bits per heavy atom. The van der Waals surface area contributed by atoms with Gasteiger partial charge in [-0.2, -0.15) is 4.31 Å². The number of hydrogen-bond acceptors (Lipinski definition) is 7. The van der Waals surface area contributed by atoms with Crippen LogP contribution in [-0.2, 0) is 30.5 Å². The molecule has 3 aromatic carbocycles. The molecule has 1 aliphatic heterocycles. The van der Waals surface area contributed by atoms with Gasteiger partial charge in [0, 0.05) is 24.3 Å². The maximum atomic E-state index is 12.9. The number of ether oxygens (including phenoxy) is 2. The van der Waals surface area contributed by atoms with E-state index >= 15 is 0 Å². The number of sulfonamides is 2. The van der Waals surface area contributed by atoms with Gasteiger partial charge in [0.2, 0.25) is 10.0 Å². The molecule has 1 heterocycles. The molecule has 0 spiro atoms. The van der Waals surface area contributed by atoms with Gasteiger partial charge in [-0.15, -0.1) is 0 Å². The predicted octanol–water partition coefficient (Wildman–Crippen LogP) is 3.22. The highest BCUT2D eigenvalue weighted by molar-refractivity contribution is 7.92. The molecular formula is C26H29N3O7S2. The Morgan fingerprint density at radius 3 is 2.24 bits per heavy atom. The van der Waals surface area contributed by atoms with Crippen LogP contribution in [0.4, 0.5) is 11.4 Å². The molecule has 1 fully saturated rings. The molecule has 1 amide bonds. The molecule has 4 rings (SSSR count). The summed E-state index contributed by atoms with van der Waals surface area (Å²) >= 11 is 0. The van der Waals surface area contributed by atoms with Gasteiger partial charge in [0.15, 0.2) is 0 Å². The van der Waals surface area contributed by atoms with Gasteiger partial charge in [-0.25, -0.2) is 16.8 Å². The predicted molar refractivity (Wildman–Crippen MR) is 144 cm³/mol. The molecule has 1 aliphatic rings. The lowest BCUT2D eigenvalue weighted by Gasteiger charge is -2.26. The second kappa shape index (κ2) is 11.5. The number of hydrogen-bond donors (Lipinski definition) is 2. The SMILES string of the molecule is COc1ccc(C)cc1NS(=O)(=O)c1ccc(NC(=O)c2ccc(CS(=O)(=O)N3CCOCC3)cc2)cc1. The Kier molecular flexibility index (Phi) is 8.36. The molecule has 10 nitrogen and oxygen atoms in total. The minimum absolute atomic E-state index is 0.0184. The highest BCUT2D eigenvalue weighted by Gasteiger charge is 2.24. The number of carbonyl (C=O) groups is 1. The van der Waals surface area contributed by atoms with Crippen LogP contribution in [0.2, 0.25) is 0 Å². The highest BCUT2D eigenvalue weighted by atomic mass is 32.2. The summed E-state index contributed by atoms with van der Waals surface area (Å²) in [5, 5.41) is 2.72. The number of carbonyl (C=O) groups excluding carboxylic acids is 1. The minimum Gasteiger partial charge on any atom is -0.495 e. The number of anilines is 2. The molecule has 38 heavy (non-hydrogen) atoms. The van der Waals surface area contributed by atoms with Crippen LogP contribution in [0.25, 0.3) is 0 Å². The fourth-order valence-corrected chi connectivity index (χ4v) is 6.47. The molecule has 0 saturated carbocycles. The first-order valence-electron chi connectivity index (χ1n) is 11.8. The summed E-state index contributed by atoms with van der Waals surface area (Å²) in [5.41, 5.74) is 2.50. The first-order valence-corrected chi connectivity index (χ1v) is 14.9. The van der Waals surface area contributed by atoms with Crippen LogP contribution >= 0.6 is 0 Å². The Balaban J connectivity index is 1.39. The van der Waals surface area contributed by atoms with Crippen molar-refractivity contribution in [1.82, 2.24) is 4.31 Å². The van der Waals surface area contributed by atoms with Crippen molar-refractivity contribution >= 4 is 37.3 Å². The van der Waals surface area contributed by atoms with E-state index in [4.69, 9.17) is 9.47 Å². The van der Waals surface area contributed by atoms with Crippen LogP contribution in [0.1, 0.15) is 21.5 Å². The van der Waals surface area contributed by atoms with Crippen LogP contribution in [0.15, 0.2) is 71.6 Å². The van der Waals surface area contributed by atoms with Gasteiger partial charge in [0.1, 0.15) is 5.75 Å². The monoisotopic (exact) mass is 559 g/mol. The average molecular weight is 560 g/mol. The van der Waals surface area contributed by atoms with Crippen molar-refractivity contribution in [3.8, 4) is 5.75 Å². The van der Waals surface area contributed by atoms with Crippen molar-refractivity contribution in [3.63, 3.8) is 0 Å². The lowest BCUT2D eigenvalue weighted by atomic mass is 10.1. The first kappa shape index (κ1) is 27.6. The number of methoxy groups -OCH3 is 1. The molecule has 0 unspecified atom stereocenters. The van der Waals surface area contributed by atoms with Crippen molar-refractivity contribution in [2.24, 2.45) is 0 Å². The summed E-state index contributed by atoms with van der Waals surface area (Å²) in [6.45, 7) is 3.26. The first-order chi connectivity index (χ1) is 18.1. The van der Waals surface area contributed by atoms with Crippen molar-refractivity contribution in [3.05, 3.63) is 83.4 Å². The van der Waals surface area contributed by atoms with Crippen molar-refractivity contribution < 1.29 is 31.1 Å². The standard InChI is InChI=1S/C26H29N3O7S2/c1-19-3-12-25(35-2)24(17-19)28-38(33,34)23-10-8-22(9-11-23)27-26(30)21-6-4-20(5-7-21)18-37(31,32)29-13-15-36-16-14-29/h3-12,17,28H,13-16,18H2,1-2H3,(H,27,30). The molecule has 0 bridgehead atoms. The molecule has 1 saturated heterocycles. The van der Waals surface area contributed by atoms with Gasteiger partial charge in [0.25, 0.3) is 15.9 Å². The maximum Gasteiger partial charge on any atom is 0.262 e. The summed E-state index contributed by atoms with van der Waals surface area (Å²) in [6.07, 6.45) is 0. The highest BCUT2D eigenvalue weighted by Crippen LogP contribution is 2.28. The third-order valence-corrected chi connectivity index (χ3v) is 9.18. The van der Waals surface area contributed by atoms with E-state index in [0.29, 0.717) is 54.6 Å². The largest absolute Gasteiger partial charge is 0.495 e. The summed E-state index contributed by atoms with van der Waals surface area (Å²) < 4.78 is 65.3. The molecule has 0 radical (unpaired) electrons. The topological polar surface area (TPSA) is 131 Å². The van der Waals surface area contributed by atoms with E-state index in [1.54, 1.807) is 36.4 Å². The van der Waals surface area contributed by atoms with E-state index in [0.717, 1.165) is 5.56 Å². The van der Waals surface area contributed by atoms with Crippen molar-refractivity contribution in [2.45, 2.75) is 17.6 Å². The Morgan fingerprint density at radius 1 is 0.947 bits per heavy atom. The fourth-order valence-electron chi connectivity index (χ4n) is 3.90. The molecular weight excluding hydrogens is 530 g/mol. The third-order valence-electron chi connectivity index (χ3n) is 5.95. The Hall–Kier alpha value is -3.45. The molecule has 2 N–H and O–H groups in total. The molecule has 0 aromatic heterocycles. The lowest BCUT2D eigenvalue weighted by Crippen LogP contribution is -2.41. The number of rotatable bonds is 9. The number of nitrogens with zero attached hydrogens (tertiary/aromatic N) is 1. The lowest BCUT2D eigenvalue weighted by molar-refractivity contribution is 0.0729. The zero-order chi connectivity index (χ0) is 27.3. The van der Waals surface area contributed by atoms with Crippen LogP contribution < -0.4 is 14.8 Å². The summed E-state index contributed by atoms with van der Waals surface area (Å²) in [4.78, 5) is 12.7. The van der Waals surface area contributed by atoms with E-state index in [2.05, 4.69) is 10.0 Å². The van der Waals surface area contributed by atoms with E-state index < -0.39 is 26.0 Å². The second-order valence-electron chi connectivity index (χ2n) is 8.75. The number of aryl methyl sites for hydroxylation is 1. The number of amides is 1. The number of nitrogens with one attached hydrogen (secondary N) is 2. The number of morpholine rings is 1. The van der Waals surface area contributed by atoms with Gasteiger partial charge < -0.3 is 14.8 Å². The van der Waals surface area contributed by atoms with Gasteiger partial charge in [0.05, 0.1) is 36.7 Å². The molecule has 3 aromatic rings. The van der Waals surface area contributed by atoms with Crippen LogP contribution in [0.3, 0.4) is 0 Å². The van der Waals surface area contributed by atoms with Gasteiger partial charge in [-0.05, 0) is 66.6 Å². The minimum atomic E-state index is -3.89. The second-order valence-corrected chi connectivity index (χ2v) is 12.4. The number of benzene rings is 3. The molecule has 0 aliphatic carbocycles. The van der Waals surface area contributed by atoms with Crippen molar-refractivity contribution in [2.75, 3.05) is 43.5 Å². The molecule has 0 atom stereocenters. The Bertz CT molecular complexity index is 1500. The third kappa shape index (κ3) is 6.70. The molecule has 12 heteroatoms. The van der Waals surface area contributed by atoms with Crippen LogP contribution in [0, 0.1) is 6.92 Å². The average Bonchev–Trinajstić information content (AvgIpc) is 2.89. The Labute approximate surface area is 222 Å². The van der Waals surface area contributed by atoms with E-state index in [1.807, 2.05) is 13.0 Å². The summed E-state index contributed by atoms with van der Waals surface area (Å²) in [5.74, 6) is -0.175. The molecule has 202 valence electrons. The zero-order valence-electron chi connectivity index (χ0n) is 21.0. The van der Waals surface area contributed by atoms with E-state index in [1.165, 1.54) is 35.7 Å². The summed E-state index contributed by atoms with van der Waals surface area (Å²) in [6, 6.07) is 17.2. The van der Waals surface area contributed by atoms with Crippen molar-refractivity contribution in [1.29, 1.82) is 0 Å². The van der Waals surface area contributed by atoms with Crippen LogP contribution in [-0.4, -0.2) is 60.5 Å². The van der Waals surface area contributed by atoms with Gasteiger partial charge in [-0.3, -0.25) is 9.52 Å².